The summed E-state index contributed by atoms with van der Waals surface area (Å²) in [6.07, 6.45) is 0. The Morgan fingerprint density at radius 1 is 1.06 bits per heavy atom. The number of ether oxygens (including phenoxy) is 1. The van der Waals surface area contributed by atoms with E-state index in [1.54, 1.807) is 65.6 Å². The molecule has 0 unspecified atom stereocenters. The standard InChI is InChI=1S/C25H21Cl2N3O3/c1-2-30(14-23-28-21-9-5-3-7-18(21)24(31)29-23)25(32)19-8-4-6-10-22(19)33-15-16-11-12-17(26)13-20(16)27/h3-13H,2,14-15H2,1H3,(H,28,29,31). The quantitative estimate of drug-likeness (QED) is 0.379. The van der Waals surface area contributed by atoms with Gasteiger partial charge in [-0.2, -0.15) is 0 Å². The van der Waals surface area contributed by atoms with Crippen LogP contribution in [0.15, 0.2) is 71.5 Å². The van der Waals surface area contributed by atoms with Crippen LogP contribution in [0.1, 0.15) is 28.7 Å². The number of H-pyrrole nitrogens is 1. The van der Waals surface area contributed by atoms with Crippen molar-refractivity contribution in [2.75, 3.05) is 6.54 Å². The van der Waals surface area contributed by atoms with Crippen LogP contribution >= 0.6 is 23.2 Å². The monoisotopic (exact) mass is 481 g/mol. The molecule has 8 heteroatoms. The zero-order valence-corrected chi connectivity index (χ0v) is 19.4. The van der Waals surface area contributed by atoms with E-state index in [4.69, 9.17) is 27.9 Å². The maximum absolute atomic E-state index is 13.4. The molecule has 0 saturated heterocycles. The van der Waals surface area contributed by atoms with Crippen molar-refractivity contribution in [1.29, 1.82) is 0 Å². The van der Waals surface area contributed by atoms with Crippen LogP contribution in [0.5, 0.6) is 5.75 Å². The second kappa shape index (κ2) is 10.1. The molecule has 0 saturated carbocycles. The average molecular weight is 482 g/mol. The first kappa shape index (κ1) is 22.8. The number of amides is 1. The molecule has 1 heterocycles. The molecular formula is C25H21Cl2N3O3. The summed E-state index contributed by atoms with van der Waals surface area (Å²) in [5.41, 5.74) is 1.52. The molecule has 0 radical (unpaired) electrons. The molecule has 0 atom stereocenters. The molecule has 0 aliphatic rings. The first-order chi connectivity index (χ1) is 16.0. The summed E-state index contributed by atoms with van der Waals surface area (Å²) in [4.78, 5) is 34.6. The second-order valence-electron chi connectivity index (χ2n) is 7.37. The van der Waals surface area contributed by atoms with Crippen LogP contribution in [0.3, 0.4) is 0 Å². The van der Waals surface area contributed by atoms with Gasteiger partial charge < -0.3 is 14.6 Å². The Hall–Kier alpha value is -3.35. The minimum absolute atomic E-state index is 0.159. The lowest BCUT2D eigenvalue weighted by molar-refractivity contribution is 0.0743. The molecular weight excluding hydrogens is 461 g/mol. The van der Waals surface area contributed by atoms with Crippen molar-refractivity contribution in [2.45, 2.75) is 20.1 Å². The summed E-state index contributed by atoms with van der Waals surface area (Å²) in [5, 5.41) is 1.54. The van der Waals surface area contributed by atoms with E-state index < -0.39 is 0 Å². The number of para-hydroxylation sites is 2. The van der Waals surface area contributed by atoms with Gasteiger partial charge in [-0.15, -0.1) is 0 Å². The Labute approximate surface area is 200 Å². The van der Waals surface area contributed by atoms with Crippen LogP contribution in [-0.4, -0.2) is 27.3 Å². The summed E-state index contributed by atoms with van der Waals surface area (Å²) in [6, 6.07) is 19.3. The Balaban J connectivity index is 1.56. The van der Waals surface area contributed by atoms with Gasteiger partial charge in [0.1, 0.15) is 18.2 Å². The zero-order chi connectivity index (χ0) is 23.4. The smallest absolute Gasteiger partial charge is 0.258 e. The van der Waals surface area contributed by atoms with E-state index in [1.807, 2.05) is 13.0 Å². The lowest BCUT2D eigenvalue weighted by Crippen LogP contribution is -2.32. The van der Waals surface area contributed by atoms with Crippen LogP contribution in [0.2, 0.25) is 10.0 Å². The lowest BCUT2D eigenvalue weighted by Gasteiger charge is -2.22. The van der Waals surface area contributed by atoms with Crippen molar-refractivity contribution in [1.82, 2.24) is 14.9 Å². The first-order valence-corrected chi connectivity index (χ1v) is 11.1. The number of nitrogens with one attached hydrogen (secondary N) is 1. The van der Waals surface area contributed by atoms with Crippen LogP contribution in [0, 0.1) is 0 Å². The normalized spacial score (nSPS) is 10.9. The summed E-state index contributed by atoms with van der Waals surface area (Å²) in [7, 11) is 0. The van der Waals surface area contributed by atoms with E-state index in [0.29, 0.717) is 44.6 Å². The van der Waals surface area contributed by atoms with E-state index in [9.17, 15) is 9.59 Å². The van der Waals surface area contributed by atoms with Gasteiger partial charge in [-0.25, -0.2) is 4.98 Å². The number of rotatable bonds is 7. The third-order valence-corrected chi connectivity index (χ3v) is 5.77. The van der Waals surface area contributed by atoms with Crippen molar-refractivity contribution in [3.8, 4) is 5.75 Å². The van der Waals surface area contributed by atoms with Gasteiger partial charge in [-0.1, -0.05) is 53.5 Å². The van der Waals surface area contributed by atoms with Crippen LogP contribution in [0.4, 0.5) is 0 Å². The fraction of sp³-hybridized carbons (Fsp3) is 0.160. The molecule has 1 amide bonds. The molecule has 0 aliphatic carbocycles. The van der Waals surface area contributed by atoms with E-state index in [2.05, 4.69) is 9.97 Å². The summed E-state index contributed by atoms with van der Waals surface area (Å²) >= 11 is 12.2. The van der Waals surface area contributed by atoms with E-state index in [-0.39, 0.29) is 24.6 Å². The molecule has 1 aromatic heterocycles. The SMILES string of the molecule is CCN(Cc1nc2ccccc2c(=O)[nH]1)C(=O)c1ccccc1OCc1ccc(Cl)cc1Cl. The number of aromatic amines is 1. The Bertz CT molecular complexity index is 1370. The molecule has 33 heavy (non-hydrogen) atoms. The number of fused-ring (bicyclic) bond motifs is 1. The average Bonchev–Trinajstić information content (AvgIpc) is 2.82. The van der Waals surface area contributed by atoms with Gasteiger partial charge in [0.25, 0.3) is 11.5 Å². The number of carbonyl (C=O) groups is 1. The maximum Gasteiger partial charge on any atom is 0.258 e. The van der Waals surface area contributed by atoms with Crippen LogP contribution in [-0.2, 0) is 13.2 Å². The van der Waals surface area contributed by atoms with Crippen molar-refractivity contribution >= 4 is 40.0 Å². The first-order valence-electron chi connectivity index (χ1n) is 10.4. The third kappa shape index (κ3) is 5.18. The van der Waals surface area contributed by atoms with Gasteiger partial charge in [0.15, 0.2) is 0 Å². The number of hydrogen-bond acceptors (Lipinski definition) is 4. The van der Waals surface area contributed by atoms with Crippen molar-refractivity contribution in [3.05, 3.63) is 104 Å². The highest BCUT2D eigenvalue weighted by molar-refractivity contribution is 6.35. The van der Waals surface area contributed by atoms with Gasteiger partial charge in [-0.05, 0) is 43.3 Å². The molecule has 0 bridgehead atoms. The Kier molecular flexibility index (Phi) is 6.96. The highest BCUT2D eigenvalue weighted by atomic mass is 35.5. The predicted molar refractivity (Wildman–Crippen MR) is 130 cm³/mol. The summed E-state index contributed by atoms with van der Waals surface area (Å²) in [5.74, 6) is 0.623. The van der Waals surface area contributed by atoms with E-state index >= 15 is 0 Å². The van der Waals surface area contributed by atoms with Crippen molar-refractivity contribution < 1.29 is 9.53 Å². The molecule has 3 aromatic carbocycles. The molecule has 0 spiro atoms. The number of nitrogens with zero attached hydrogens (tertiary/aromatic N) is 2. The molecule has 1 N–H and O–H groups in total. The number of halogens is 2. The molecule has 4 aromatic rings. The lowest BCUT2D eigenvalue weighted by atomic mass is 10.1. The topological polar surface area (TPSA) is 75.3 Å². The molecule has 0 aliphatic heterocycles. The minimum Gasteiger partial charge on any atom is -0.488 e. The summed E-state index contributed by atoms with van der Waals surface area (Å²) in [6.45, 7) is 2.64. The van der Waals surface area contributed by atoms with Crippen molar-refractivity contribution in [3.63, 3.8) is 0 Å². The fourth-order valence-corrected chi connectivity index (χ4v) is 3.91. The van der Waals surface area contributed by atoms with Crippen LogP contribution in [0.25, 0.3) is 10.9 Å². The predicted octanol–water partition coefficient (Wildman–Crippen LogP) is 5.47. The highest BCUT2D eigenvalue weighted by Crippen LogP contribution is 2.25. The van der Waals surface area contributed by atoms with E-state index in [1.165, 1.54) is 0 Å². The van der Waals surface area contributed by atoms with E-state index in [0.717, 1.165) is 5.56 Å². The van der Waals surface area contributed by atoms with Gasteiger partial charge in [-0.3, -0.25) is 9.59 Å². The van der Waals surface area contributed by atoms with Crippen molar-refractivity contribution in [2.24, 2.45) is 0 Å². The molecule has 4 rings (SSSR count). The Morgan fingerprint density at radius 3 is 2.61 bits per heavy atom. The van der Waals surface area contributed by atoms with Crippen LogP contribution < -0.4 is 10.3 Å². The van der Waals surface area contributed by atoms with Gasteiger partial charge in [0.05, 0.1) is 23.0 Å². The zero-order valence-electron chi connectivity index (χ0n) is 17.8. The second-order valence-corrected chi connectivity index (χ2v) is 8.21. The van der Waals surface area contributed by atoms with Gasteiger partial charge in [0.2, 0.25) is 0 Å². The number of aromatic nitrogens is 2. The number of hydrogen-bond donors (Lipinski definition) is 1. The fourth-order valence-electron chi connectivity index (χ4n) is 3.45. The highest BCUT2D eigenvalue weighted by Gasteiger charge is 2.20. The molecule has 0 fully saturated rings. The Morgan fingerprint density at radius 2 is 1.82 bits per heavy atom. The van der Waals surface area contributed by atoms with Gasteiger partial charge >= 0.3 is 0 Å². The number of benzene rings is 3. The largest absolute Gasteiger partial charge is 0.488 e. The third-order valence-electron chi connectivity index (χ3n) is 5.19. The maximum atomic E-state index is 13.4. The summed E-state index contributed by atoms with van der Waals surface area (Å²) < 4.78 is 5.94. The molecule has 168 valence electrons. The van der Waals surface area contributed by atoms with Gasteiger partial charge in [0, 0.05) is 22.2 Å². The minimum atomic E-state index is -0.234. The molecule has 6 nitrogen and oxygen atoms in total. The number of carbonyl (C=O) groups excluding carboxylic acids is 1.